The van der Waals surface area contributed by atoms with Gasteiger partial charge < -0.3 is 10.1 Å². The van der Waals surface area contributed by atoms with E-state index in [0.717, 1.165) is 12.0 Å². The first-order valence-corrected chi connectivity index (χ1v) is 7.92. The van der Waals surface area contributed by atoms with Crippen molar-refractivity contribution in [1.29, 1.82) is 0 Å². The molecule has 0 radical (unpaired) electrons. The zero-order valence-corrected chi connectivity index (χ0v) is 11.4. The smallest absolute Gasteiger partial charge is 0.151 e. The van der Waals surface area contributed by atoms with E-state index in [9.17, 15) is 8.42 Å². The van der Waals surface area contributed by atoms with Crippen molar-refractivity contribution in [2.24, 2.45) is 0 Å². The van der Waals surface area contributed by atoms with E-state index in [2.05, 4.69) is 5.32 Å². The highest BCUT2D eigenvalue weighted by atomic mass is 32.2. The maximum Gasteiger partial charge on any atom is 0.151 e. The predicted molar refractivity (Wildman–Crippen MR) is 71.1 cm³/mol. The van der Waals surface area contributed by atoms with Gasteiger partial charge in [-0.15, -0.1) is 0 Å². The summed E-state index contributed by atoms with van der Waals surface area (Å²) < 4.78 is 27.9. The van der Waals surface area contributed by atoms with Crippen molar-refractivity contribution in [3.63, 3.8) is 0 Å². The van der Waals surface area contributed by atoms with E-state index in [4.69, 9.17) is 4.74 Å². The Morgan fingerprint density at radius 1 is 1.33 bits per heavy atom. The van der Waals surface area contributed by atoms with Crippen LogP contribution in [-0.2, 0) is 27.7 Å². The third-order valence-electron chi connectivity index (χ3n) is 3.23. The quantitative estimate of drug-likeness (QED) is 0.870. The van der Waals surface area contributed by atoms with E-state index in [-0.39, 0.29) is 11.8 Å². The molecule has 1 fully saturated rings. The van der Waals surface area contributed by atoms with Gasteiger partial charge in [0.1, 0.15) is 0 Å². The molecule has 0 aliphatic carbocycles. The van der Waals surface area contributed by atoms with Gasteiger partial charge in [-0.2, -0.15) is 0 Å². The molecule has 1 atom stereocenters. The zero-order chi connectivity index (χ0) is 13.0. The topological polar surface area (TPSA) is 55.4 Å². The highest BCUT2D eigenvalue weighted by Crippen LogP contribution is 2.14. The van der Waals surface area contributed by atoms with Gasteiger partial charge in [-0.05, 0) is 17.5 Å². The maximum absolute atomic E-state index is 11.4. The largest absolute Gasteiger partial charge is 0.380 e. The lowest BCUT2D eigenvalue weighted by Crippen LogP contribution is -2.29. The summed E-state index contributed by atoms with van der Waals surface area (Å²) in [6, 6.07) is 8.14. The van der Waals surface area contributed by atoms with E-state index >= 15 is 0 Å². The fourth-order valence-corrected chi connectivity index (χ4v) is 3.94. The third kappa shape index (κ3) is 3.54. The molecule has 0 amide bonds. The van der Waals surface area contributed by atoms with E-state index in [1.165, 1.54) is 5.56 Å². The van der Waals surface area contributed by atoms with Crippen LogP contribution in [0.4, 0.5) is 0 Å². The average Bonchev–Trinajstić information content (AvgIpc) is 2.68. The Labute approximate surface area is 108 Å². The highest BCUT2D eigenvalue weighted by molar-refractivity contribution is 7.91. The molecule has 1 aromatic carbocycles. The first kappa shape index (κ1) is 13.5. The average molecular weight is 269 g/mol. The number of benzene rings is 1. The van der Waals surface area contributed by atoms with Crippen LogP contribution < -0.4 is 5.32 Å². The minimum Gasteiger partial charge on any atom is -0.380 e. The predicted octanol–water partition coefficient (Wildman–Crippen LogP) is 1.11. The van der Waals surface area contributed by atoms with Gasteiger partial charge in [-0.3, -0.25) is 0 Å². The summed E-state index contributed by atoms with van der Waals surface area (Å²) in [6.07, 6.45) is 0.717. The lowest BCUT2D eigenvalue weighted by molar-refractivity contribution is 0.184. The molecule has 100 valence electrons. The fourth-order valence-electron chi connectivity index (χ4n) is 2.24. The van der Waals surface area contributed by atoms with Crippen LogP contribution >= 0.6 is 0 Å². The Balaban J connectivity index is 1.94. The summed E-state index contributed by atoms with van der Waals surface area (Å²) in [6.45, 7) is 1.28. The number of hydrogen-bond donors (Lipinski definition) is 1. The number of sulfone groups is 1. The highest BCUT2D eigenvalue weighted by Gasteiger charge is 2.27. The van der Waals surface area contributed by atoms with Crippen LogP contribution in [0, 0.1) is 0 Å². The van der Waals surface area contributed by atoms with E-state index in [1.54, 1.807) is 7.11 Å². The summed E-state index contributed by atoms with van der Waals surface area (Å²) in [5, 5.41) is 3.32. The number of hydrogen-bond acceptors (Lipinski definition) is 4. The molecule has 0 aromatic heterocycles. The van der Waals surface area contributed by atoms with Crippen molar-refractivity contribution in [1.82, 2.24) is 5.32 Å². The molecular weight excluding hydrogens is 250 g/mol. The van der Waals surface area contributed by atoms with Gasteiger partial charge in [0.15, 0.2) is 9.84 Å². The van der Waals surface area contributed by atoms with Crippen LogP contribution in [-0.4, -0.2) is 33.1 Å². The van der Waals surface area contributed by atoms with E-state index in [1.807, 2.05) is 24.3 Å². The van der Waals surface area contributed by atoms with Crippen LogP contribution in [0.15, 0.2) is 24.3 Å². The van der Waals surface area contributed by atoms with E-state index < -0.39 is 9.84 Å². The van der Waals surface area contributed by atoms with Crippen molar-refractivity contribution in [2.45, 2.75) is 25.6 Å². The molecule has 0 spiro atoms. The van der Waals surface area contributed by atoms with Crippen LogP contribution in [0.25, 0.3) is 0 Å². The monoisotopic (exact) mass is 269 g/mol. The minimum atomic E-state index is -2.81. The zero-order valence-electron chi connectivity index (χ0n) is 10.6. The minimum absolute atomic E-state index is 0.0885. The van der Waals surface area contributed by atoms with Gasteiger partial charge in [0, 0.05) is 19.7 Å². The molecule has 1 aromatic rings. The van der Waals surface area contributed by atoms with Crippen LogP contribution in [0.3, 0.4) is 0 Å². The molecule has 2 rings (SSSR count). The second kappa shape index (κ2) is 5.82. The summed E-state index contributed by atoms with van der Waals surface area (Å²) in [5.74, 6) is 0.573. The molecule has 18 heavy (non-hydrogen) atoms. The summed E-state index contributed by atoms with van der Waals surface area (Å²) in [4.78, 5) is 0. The molecule has 4 nitrogen and oxygen atoms in total. The maximum atomic E-state index is 11.4. The fraction of sp³-hybridized carbons (Fsp3) is 0.538. The summed E-state index contributed by atoms with van der Waals surface area (Å²) in [7, 11) is -1.13. The van der Waals surface area contributed by atoms with Gasteiger partial charge in [0.05, 0.1) is 18.1 Å². The first-order valence-electron chi connectivity index (χ1n) is 6.10. The lowest BCUT2D eigenvalue weighted by Gasteiger charge is -2.13. The summed E-state index contributed by atoms with van der Waals surface area (Å²) in [5.41, 5.74) is 2.32. The van der Waals surface area contributed by atoms with Crippen LogP contribution in [0.1, 0.15) is 17.5 Å². The SMILES string of the molecule is COCc1ccccc1CNC1CCS(=O)(=O)C1. The molecule has 0 bridgehead atoms. The Bertz CT molecular complexity index is 499. The molecule has 5 heteroatoms. The van der Waals surface area contributed by atoms with Crippen molar-refractivity contribution in [3.05, 3.63) is 35.4 Å². The molecule has 1 heterocycles. The van der Waals surface area contributed by atoms with Gasteiger partial charge in [-0.1, -0.05) is 24.3 Å². The Morgan fingerprint density at radius 2 is 2.06 bits per heavy atom. The Morgan fingerprint density at radius 3 is 2.67 bits per heavy atom. The molecular formula is C13H19NO3S. The van der Waals surface area contributed by atoms with Crippen LogP contribution in [0.2, 0.25) is 0 Å². The Kier molecular flexibility index (Phi) is 4.37. The van der Waals surface area contributed by atoms with Crippen molar-refractivity contribution >= 4 is 9.84 Å². The molecule has 1 aliphatic rings. The third-order valence-corrected chi connectivity index (χ3v) is 5.00. The van der Waals surface area contributed by atoms with Gasteiger partial charge >= 0.3 is 0 Å². The number of ether oxygens (including phenoxy) is 1. The van der Waals surface area contributed by atoms with Crippen molar-refractivity contribution in [3.8, 4) is 0 Å². The first-order chi connectivity index (χ1) is 8.61. The van der Waals surface area contributed by atoms with Crippen molar-refractivity contribution < 1.29 is 13.2 Å². The van der Waals surface area contributed by atoms with Gasteiger partial charge in [0.2, 0.25) is 0 Å². The normalized spacial score (nSPS) is 22.2. The van der Waals surface area contributed by atoms with Crippen molar-refractivity contribution in [2.75, 3.05) is 18.6 Å². The lowest BCUT2D eigenvalue weighted by atomic mass is 10.1. The van der Waals surface area contributed by atoms with Gasteiger partial charge in [-0.25, -0.2) is 8.42 Å². The van der Waals surface area contributed by atoms with Crippen LogP contribution in [0.5, 0.6) is 0 Å². The number of methoxy groups -OCH3 is 1. The Hall–Kier alpha value is -0.910. The van der Waals surface area contributed by atoms with E-state index in [0.29, 0.717) is 18.9 Å². The van der Waals surface area contributed by atoms with Gasteiger partial charge in [0.25, 0.3) is 0 Å². The molecule has 1 saturated heterocycles. The standard InChI is InChI=1S/C13H19NO3S/c1-17-9-12-5-3-2-4-11(12)8-14-13-6-7-18(15,16)10-13/h2-5,13-14H,6-10H2,1H3. The number of nitrogens with one attached hydrogen (secondary N) is 1. The number of rotatable bonds is 5. The molecule has 1 aliphatic heterocycles. The second-order valence-electron chi connectivity index (χ2n) is 4.68. The molecule has 1 N–H and O–H groups in total. The molecule has 1 unspecified atom stereocenters. The summed E-state index contributed by atoms with van der Waals surface area (Å²) >= 11 is 0. The molecule has 0 saturated carbocycles. The second-order valence-corrected chi connectivity index (χ2v) is 6.91.